The lowest BCUT2D eigenvalue weighted by Crippen LogP contribution is -2.31. The third kappa shape index (κ3) is 7.22. The first-order valence-electron chi connectivity index (χ1n) is 6.51. The van der Waals surface area contributed by atoms with Crippen molar-refractivity contribution in [3.63, 3.8) is 0 Å². The zero-order valence-corrected chi connectivity index (χ0v) is 12.1. The van der Waals surface area contributed by atoms with E-state index < -0.39 is 0 Å². The Bertz CT molecular complexity index is 395. The third-order valence-electron chi connectivity index (χ3n) is 2.41. The van der Waals surface area contributed by atoms with Crippen molar-refractivity contribution in [1.29, 1.82) is 0 Å². The molecule has 0 spiro atoms. The van der Waals surface area contributed by atoms with Gasteiger partial charge >= 0.3 is 0 Å². The van der Waals surface area contributed by atoms with E-state index in [2.05, 4.69) is 10.6 Å². The molecule has 0 aliphatic heterocycles. The number of carbonyl (C=O) groups excluding carboxylic acids is 2. The molecule has 20 heavy (non-hydrogen) atoms. The molecule has 0 fully saturated rings. The fraction of sp³-hybridized carbons (Fsp3) is 0.538. The maximum absolute atomic E-state index is 11.6. The van der Waals surface area contributed by atoms with Crippen LogP contribution in [0.5, 0.6) is 0 Å². The number of hydrogen-bond acceptors (Lipinski definition) is 5. The van der Waals surface area contributed by atoms with Gasteiger partial charge in [-0.05, 0) is 17.9 Å². The SMILES string of the molecule is O=C(CCNC(=O)c1cccs1)NCCCOCCO. The molecule has 0 bridgehead atoms. The Balaban J connectivity index is 1.99. The molecule has 1 aromatic heterocycles. The number of aliphatic hydroxyl groups excluding tert-OH is 1. The molecular formula is C13H20N2O4S. The van der Waals surface area contributed by atoms with Gasteiger partial charge in [-0.1, -0.05) is 6.07 Å². The largest absolute Gasteiger partial charge is 0.394 e. The molecule has 7 heteroatoms. The highest BCUT2D eigenvalue weighted by Gasteiger charge is 2.06. The Kier molecular flexibility index (Phi) is 8.61. The summed E-state index contributed by atoms with van der Waals surface area (Å²) in [5.41, 5.74) is 0. The minimum absolute atomic E-state index is 0.0102. The summed E-state index contributed by atoms with van der Waals surface area (Å²) in [5.74, 6) is -0.246. The molecule has 0 saturated heterocycles. The second kappa shape index (κ2) is 10.4. The molecule has 112 valence electrons. The van der Waals surface area contributed by atoms with E-state index in [0.717, 1.165) is 0 Å². The predicted molar refractivity (Wildman–Crippen MR) is 76.8 cm³/mol. The molecule has 0 saturated carbocycles. The van der Waals surface area contributed by atoms with Gasteiger partial charge < -0.3 is 20.5 Å². The second-order valence-corrected chi connectivity index (χ2v) is 4.97. The highest BCUT2D eigenvalue weighted by atomic mass is 32.1. The highest BCUT2D eigenvalue weighted by Crippen LogP contribution is 2.07. The van der Waals surface area contributed by atoms with Gasteiger partial charge in [0.15, 0.2) is 0 Å². The Hall–Kier alpha value is -1.44. The van der Waals surface area contributed by atoms with E-state index in [0.29, 0.717) is 37.6 Å². The van der Waals surface area contributed by atoms with Crippen LogP contribution in [0.15, 0.2) is 17.5 Å². The molecule has 0 aliphatic carbocycles. The van der Waals surface area contributed by atoms with Gasteiger partial charge in [0.25, 0.3) is 5.91 Å². The van der Waals surface area contributed by atoms with Crippen LogP contribution in [-0.4, -0.2) is 49.8 Å². The average Bonchev–Trinajstić information content (AvgIpc) is 2.96. The number of nitrogens with one attached hydrogen (secondary N) is 2. The van der Waals surface area contributed by atoms with E-state index in [9.17, 15) is 9.59 Å². The number of rotatable bonds is 10. The van der Waals surface area contributed by atoms with Gasteiger partial charge in [-0.15, -0.1) is 11.3 Å². The van der Waals surface area contributed by atoms with Crippen molar-refractivity contribution in [3.05, 3.63) is 22.4 Å². The van der Waals surface area contributed by atoms with Crippen LogP contribution in [0, 0.1) is 0 Å². The summed E-state index contributed by atoms with van der Waals surface area (Å²) in [7, 11) is 0. The normalized spacial score (nSPS) is 10.2. The standard InChI is InChI=1S/C13H20N2O4S/c16-7-9-19-8-2-5-14-12(17)4-6-15-13(18)11-3-1-10-20-11/h1,3,10,16H,2,4-9H2,(H,14,17)(H,15,18). The quantitative estimate of drug-likeness (QED) is 0.545. The van der Waals surface area contributed by atoms with Crippen LogP contribution in [0.4, 0.5) is 0 Å². The number of amides is 2. The molecule has 1 aromatic rings. The molecule has 6 nitrogen and oxygen atoms in total. The average molecular weight is 300 g/mol. The molecular weight excluding hydrogens is 280 g/mol. The maximum atomic E-state index is 11.6. The molecule has 0 radical (unpaired) electrons. The summed E-state index contributed by atoms with van der Waals surface area (Å²) >= 11 is 1.37. The van der Waals surface area contributed by atoms with E-state index in [-0.39, 0.29) is 24.8 Å². The van der Waals surface area contributed by atoms with Crippen LogP contribution in [0.1, 0.15) is 22.5 Å². The Labute approximate surface area is 122 Å². The van der Waals surface area contributed by atoms with Crippen LogP contribution in [0.25, 0.3) is 0 Å². The Morgan fingerprint density at radius 2 is 2.10 bits per heavy atom. The van der Waals surface area contributed by atoms with Crippen LogP contribution in [0.2, 0.25) is 0 Å². The maximum Gasteiger partial charge on any atom is 0.261 e. The zero-order valence-electron chi connectivity index (χ0n) is 11.3. The van der Waals surface area contributed by atoms with E-state index in [4.69, 9.17) is 9.84 Å². The van der Waals surface area contributed by atoms with Crippen molar-refractivity contribution in [2.45, 2.75) is 12.8 Å². The lowest BCUT2D eigenvalue weighted by Gasteiger charge is -2.06. The lowest BCUT2D eigenvalue weighted by atomic mass is 10.3. The van der Waals surface area contributed by atoms with E-state index in [1.807, 2.05) is 11.4 Å². The van der Waals surface area contributed by atoms with Crippen LogP contribution in [-0.2, 0) is 9.53 Å². The molecule has 0 aliphatic rings. The monoisotopic (exact) mass is 300 g/mol. The fourth-order valence-corrected chi connectivity index (χ4v) is 2.08. The molecule has 1 heterocycles. The van der Waals surface area contributed by atoms with Crippen molar-refractivity contribution in [1.82, 2.24) is 10.6 Å². The number of hydrogen-bond donors (Lipinski definition) is 3. The molecule has 2 amide bonds. The Morgan fingerprint density at radius 1 is 1.25 bits per heavy atom. The topological polar surface area (TPSA) is 87.7 Å². The molecule has 0 unspecified atom stereocenters. The Morgan fingerprint density at radius 3 is 2.80 bits per heavy atom. The van der Waals surface area contributed by atoms with Gasteiger partial charge in [0.1, 0.15) is 0 Å². The number of carbonyl (C=O) groups is 2. The van der Waals surface area contributed by atoms with E-state index in [1.54, 1.807) is 6.07 Å². The smallest absolute Gasteiger partial charge is 0.261 e. The van der Waals surface area contributed by atoms with Crippen molar-refractivity contribution < 1.29 is 19.4 Å². The lowest BCUT2D eigenvalue weighted by molar-refractivity contribution is -0.121. The summed E-state index contributed by atoms with van der Waals surface area (Å²) in [6.07, 6.45) is 0.960. The number of ether oxygens (including phenoxy) is 1. The minimum Gasteiger partial charge on any atom is -0.394 e. The van der Waals surface area contributed by atoms with E-state index >= 15 is 0 Å². The first kappa shape index (κ1) is 16.6. The van der Waals surface area contributed by atoms with Crippen molar-refractivity contribution >= 4 is 23.2 Å². The van der Waals surface area contributed by atoms with Crippen LogP contribution >= 0.6 is 11.3 Å². The predicted octanol–water partition coefficient (Wildman–Crippen LogP) is 0.383. The van der Waals surface area contributed by atoms with Gasteiger partial charge in [0, 0.05) is 26.1 Å². The second-order valence-electron chi connectivity index (χ2n) is 4.02. The minimum atomic E-state index is -0.148. The number of aliphatic hydroxyl groups is 1. The van der Waals surface area contributed by atoms with Crippen LogP contribution in [0.3, 0.4) is 0 Å². The number of thiophene rings is 1. The summed E-state index contributed by atoms with van der Waals surface area (Å²) in [5, 5.41) is 15.8. The molecule has 0 atom stereocenters. The van der Waals surface area contributed by atoms with Crippen molar-refractivity contribution in [3.8, 4) is 0 Å². The fourth-order valence-electron chi connectivity index (χ4n) is 1.44. The van der Waals surface area contributed by atoms with Crippen molar-refractivity contribution in [2.75, 3.05) is 32.9 Å². The van der Waals surface area contributed by atoms with Crippen LogP contribution < -0.4 is 10.6 Å². The van der Waals surface area contributed by atoms with Crippen molar-refractivity contribution in [2.24, 2.45) is 0 Å². The molecule has 3 N–H and O–H groups in total. The summed E-state index contributed by atoms with van der Waals surface area (Å²) in [6.45, 7) is 1.70. The van der Waals surface area contributed by atoms with Gasteiger partial charge in [-0.3, -0.25) is 9.59 Å². The van der Waals surface area contributed by atoms with Gasteiger partial charge in [0.2, 0.25) is 5.91 Å². The zero-order chi connectivity index (χ0) is 14.6. The first-order valence-corrected chi connectivity index (χ1v) is 7.39. The van der Waals surface area contributed by atoms with Gasteiger partial charge in [0.05, 0.1) is 18.1 Å². The summed E-state index contributed by atoms with van der Waals surface area (Å²) in [6, 6.07) is 3.55. The molecule has 1 rings (SSSR count). The summed E-state index contributed by atoms with van der Waals surface area (Å²) in [4.78, 5) is 23.7. The third-order valence-corrected chi connectivity index (χ3v) is 3.27. The molecule has 0 aromatic carbocycles. The summed E-state index contributed by atoms with van der Waals surface area (Å²) < 4.78 is 5.06. The highest BCUT2D eigenvalue weighted by molar-refractivity contribution is 7.12. The first-order chi connectivity index (χ1) is 9.74. The van der Waals surface area contributed by atoms with Gasteiger partial charge in [-0.2, -0.15) is 0 Å². The van der Waals surface area contributed by atoms with E-state index in [1.165, 1.54) is 11.3 Å². The van der Waals surface area contributed by atoms with Gasteiger partial charge in [-0.25, -0.2) is 0 Å².